The van der Waals surface area contributed by atoms with Gasteiger partial charge < -0.3 is 4.90 Å². The fourth-order valence-corrected chi connectivity index (χ4v) is 1.71. The van der Waals surface area contributed by atoms with Crippen LogP contribution < -0.4 is 4.90 Å². The lowest BCUT2D eigenvalue weighted by Crippen LogP contribution is -2.23. The van der Waals surface area contributed by atoms with Gasteiger partial charge in [-0.05, 0) is 44.0 Å². The van der Waals surface area contributed by atoms with Gasteiger partial charge in [-0.15, -0.1) is 11.6 Å². The number of benzene rings is 1. The Morgan fingerprint density at radius 2 is 1.87 bits per heavy atom. The molecule has 3 heteroatoms. The molecule has 0 saturated carbocycles. The largest absolute Gasteiger partial charge is 0.372 e. The Hall–Kier alpha value is -0.760. The van der Waals surface area contributed by atoms with E-state index in [1.165, 1.54) is 12.1 Å². The topological polar surface area (TPSA) is 3.24 Å². The predicted molar refractivity (Wildman–Crippen MR) is 64.2 cm³/mol. The summed E-state index contributed by atoms with van der Waals surface area (Å²) in [5.74, 6) is 0.525. The van der Waals surface area contributed by atoms with E-state index in [1.807, 2.05) is 12.1 Å². The van der Waals surface area contributed by atoms with E-state index in [2.05, 4.69) is 11.8 Å². The molecule has 0 amide bonds. The van der Waals surface area contributed by atoms with E-state index in [0.29, 0.717) is 5.88 Å². The van der Waals surface area contributed by atoms with Gasteiger partial charge in [0, 0.05) is 24.7 Å². The highest BCUT2D eigenvalue weighted by Crippen LogP contribution is 2.15. The zero-order valence-electron chi connectivity index (χ0n) is 9.05. The number of alkyl halides is 1. The molecule has 0 fully saturated rings. The van der Waals surface area contributed by atoms with Gasteiger partial charge in [-0.1, -0.05) is 0 Å². The maximum Gasteiger partial charge on any atom is 0.123 e. The standard InChI is InChI=1S/C12H17ClFN/c1-2-15(10-4-3-9-13)12-7-5-11(14)6-8-12/h5-8H,2-4,9-10H2,1H3. The van der Waals surface area contributed by atoms with Crippen molar-refractivity contribution in [3.63, 3.8) is 0 Å². The van der Waals surface area contributed by atoms with Crippen molar-refractivity contribution in [1.29, 1.82) is 0 Å². The van der Waals surface area contributed by atoms with E-state index in [4.69, 9.17) is 11.6 Å². The van der Waals surface area contributed by atoms with Crippen molar-refractivity contribution in [3.05, 3.63) is 30.1 Å². The Bertz CT molecular complexity index is 273. The third-order valence-electron chi connectivity index (χ3n) is 2.39. The number of rotatable bonds is 6. The molecule has 1 aromatic carbocycles. The lowest BCUT2D eigenvalue weighted by molar-refractivity contribution is 0.627. The number of halogens is 2. The van der Waals surface area contributed by atoms with Crippen LogP contribution in [0.25, 0.3) is 0 Å². The monoisotopic (exact) mass is 229 g/mol. The van der Waals surface area contributed by atoms with Gasteiger partial charge >= 0.3 is 0 Å². The first-order valence-electron chi connectivity index (χ1n) is 5.34. The molecular weight excluding hydrogens is 213 g/mol. The first-order valence-corrected chi connectivity index (χ1v) is 5.88. The molecule has 1 nitrogen and oxygen atoms in total. The number of anilines is 1. The van der Waals surface area contributed by atoms with Crippen LogP contribution >= 0.6 is 11.6 Å². The second kappa shape index (κ2) is 6.67. The molecule has 0 spiro atoms. The Kier molecular flexibility index (Phi) is 5.48. The zero-order chi connectivity index (χ0) is 11.1. The summed E-state index contributed by atoms with van der Waals surface area (Å²) in [6.07, 6.45) is 2.11. The van der Waals surface area contributed by atoms with Crippen LogP contribution in [0.3, 0.4) is 0 Å². The smallest absolute Gasteiger partial charge is 0.123 e. The van der Waals surface area contributed by atoms with Crippen LogP contribution in [0.5, 0.6) is 0 Å². The summed E-state index contributed by atoms with van der Waals surface area (Å²) in [4.78, 5) is 2.23. The molecule has 0 bridgehead atoms. The molecule has 0 radical (unpaired) electrons. The minimum atomic E-state index is -0.185. The molecule has 0 unspecified atom stereocenters. The molecule has 1 rings (SSSR count). The van der Waals surface area contributed by atoms with Crippen LogP contribution in [0.1, 0.15) is 19.8 Å². The summed E-state index contributed by atoms with van der Waals surface area (Å²) in [5.41, 5.74) is 1.08. The van der Waals surface area contributed by atoms with Gasteiger partial charge in [0.2, 0.25) is 0 Å². The molecule has 0 aliphatic carbocycles. The number of hydrogen-bond acceptors (Lipinski definition) is 1. The normalized spacial score (nSPS) is 10.3. The lowest BCUT2D eigenvalue weighted by atomic mass is 10.2. The molecular formula is C12H17ClFN. The summed E-state index contributed by atoms with van der Waals surface area (Å²) in [6, 6.07) is 6.64. The van der Waals surface area contributed by atoms with Gasteiger partial charge in [0.15, 0.2) is 0 Å². The third-order valence-corrected chi connectivity index (χ3v) is 2.65. The molecule has 1 aromatic rings. The zero-order valence-corrected chi connectivity index (χ0v) is 9.80. The van der Waals surface area contributed by atoms with E-state index in [1.54, 1.807) is 0 Å². The van der Waals surface area contributed by atoms with Crippen molar-refractivity contribution in [1.82, 2.24) is 0 Å². The summed E-state index contributed by atoms with van der Waals surface area (Å²) in [7, 11) is 0. The van der Waals surface area contributed by atoms with E-state index >= 15 is 0 Å². The Labute approximate surface area is 95.8 Å². The van der Waals surface area contributed by atoms with Gasteiger partial charge in [-0.25, -0.2) is 4.39 Å². The van der Waals surface area contributed by atoms with Crippen LogP contribution in [0, 0.1) is 5.82 Å². The summed E-state index contributed by atoms with van der Waals surface area (Å²) < 4.78 is 12.7. The lowest BCUT2D eigenvalue weighted by Gasteiger charge is -2.22. The number of hydrogen-bond donors (Lipinski definition) is 0. The molecule has 0 aliphatic heterocycles. The van der Waals surface area contributed by atoms with Gasteiger partial charge in [-0.3, -0.25) is 0 Å². The Morgan fingerprint density at radius 1 is 1.20 bits per heavy atom. The van der Waals surface area contributed by atoms with Gasteiger partial charge in [0.05, 0.1) is 0 Å². The van der Waals surface area contributed by atoms with Crippen LogP contribution in [0.4, 0.5) is 10.1 Å². The predicted octanol–water partition coefficient (Wildman–Crippen LogP) is 3.67. The molecule has 0 atom stereocenters. The molecule has 84 valence electrons. The van der Waals surface area contributed by atoms with Gasteiger partial charge in [0.25, 0.3) is 0 Å². The summed E-state index contributed by atoms with van der Waals surface area (Å²) >= 11 is 5.63. The van der Waals surface area contributed by atoms with Gasteiger partial charge in [-0.2, -0.15) is 0 Å². The molecule has 0 heterocycles. The number of nitrogens with zero attached hydrogens (tertiary/aromatic N) is 1. The Morgan fingerprint density at radius 3 is 2.40 bits per heavy atom. The summed E-state index contributed by atoms with van der Waals surface area (Å²) in [6.45, 7) is 4.02. The first-order chi connectivity index (χ1) is 7.27. The van der Waals surface area contributed by atoms with Crippen molar-refractivity contribution in [3.8, 4) is 0 Å². The highest BCUT2D eigenvalue weighted by atomic mass is 35.5. The average Bonchev–Trinajstić information content (AvgIpc) is 2.26. The average molecular weight is 230 g/mol. The number of unbranched alkanes of at least 4 members (excludes halogenated alkanes) is 1. The van der Waals surface area contributed by atoms with E-state index in [-0.39, 0.29) is 5.82 Å². The van der Waals surface area contributed by atoms with E-state index < -0.39 is 0 Å². The quantitative estimate of drug-likeness (QED) is 0.532. The van der Waals surface area contributed by atoms with Crippen molar-refractivity contribution in [2.75, 3.05) is 23.9 Å². The van der Waals surface area contributed by atoms with E-state index in [0.717, 1.165) is 31.6 Å². The van der Waals surface area contributed by atoms with Crippen molar-refractivity contribution in [2.24, 2.45) is 0 Å². The maximum absolute atomic E-state index is 12.7. The first kappa shape index (κ1) is 12.3. The van der Waals surface area contributed by atoms with Crippen molar-refractivity contribution >= 4 is 17.3 Å². The maximum atomic E-state index is 12.7. The molecule has 0 saturated heterocycles. The second-order valence-electron chi connectivity index (χ2n) is 3.45. The minimum Gasteiger partial charge on any atom is -0.372 e. The highest BCUT2D eigenvalue weighted by molar-refractivity contribution is 6.17. The highest BCUT2D eigenvalue weighted by Gasteiger charge is 2.03. The molecule has 15 heavy (non-hydrogen) atoms. The van der Waals surface area contributed by atoms with Crippen molar-refractivity contribution < 1.29 is 4.39 Å². The fourth-order valence-electron chi connectivity index (χ4n) is 1.52. The molecule has 0 N–H and O–H groups in total. The minimum absolute atomic E-state index is 0.185. The summed E-state index contributed by atoms with van der Waals surface area (Å²) in [5, 5.41) is 0. The molecule has 0 aliphatic rings. The van der Waals surface area contributed by atoms with Crippen LogP contribution in [-0.4, -0.2) is 19.0 Å². The Balaban J connectivity index is 2.53. The van der Waals surface area contributed by atoms with Crippen molar-refractivity contribution in [2.45, 2.75) is 19.8 Å². The van der Waals surface area contributed by atoms with E-state index in [9.17, 15) is 4.39 Å². The third kappa shape index (κ3) is 4.08. The second-order valence-corrected chi connectivity index (χ2v) is 3.83. The molecule has 0 aromatic heterocycles. The van der Waals surface area contributed by atoms with Crippen LogP contribution in [0.15, 0.2) is 24.3 Å². The fraction of sp³-hybridized carbons (Fsp3) is 0.500. The van der Waals surface area contributed by atoms with Crippen LogP contribution in [0.2, 0.25) is 0 Å². The van der Waals surface area contributed by atoms with Crippen LogP contribution in [-0.2, 0) is 0 Å². The SMILES string of the molecule is CCN(CCCCCl)c1ccc(F)cc1. The van der Waals surface area contributed by atoms with Gasteiger partial charge in [0.1, 0.15) is 5.82 Å².